The van der Waals surface area contributed by atoms with Crippen molar-refractivity contribution in [2.75, 3.05) is 0 Å². The maximum Gasteiger partial charge on any atom is -0.0288 e. The van der Waals surface area contributed by atoms with Crippen molar-refractivity contribution in [2.24, 2.45) is 5.92 Å². The Labute approximate surface area is 103 Å². The molecule has 0 N–H and O–H groups in total. The molecule has 0 saturated heterocycles. The first-order valence-corrected chi connectivity index (χ1v) is 6.85. The van der Waals surface area contributed by atoms with Crippen molar-refractivity contribution < 1.29 is 0 Å². The molecule has 0 heteroatoms. The van der Waals surface area contributed by atoms with E-state index in [1.54, 1.807) is 5.57 Å². The van der Waals surface area contributed by atoms with Crippen molar-refractivity contribution >= 4 is 0 Å². The lowest BCUT2D eigenvalue weighted by Gasteiger charge is -2.08. The molecule has 94 valence electrons. The number of hydrogen-bond acceptors (Lipinski definition) is 0. The van der Waals surface area contributed by atoms with E-state index >= 15 is 0 Å². The van der Waals surface area contributed by atoms with Gasteiger partial charge in [0.25, 0.3) is 0 Å². The Morgan fingerprint density at radius 1 is 1.12 bits per heavy atom. The third-order valence-corrected chi connectivity index (χ3v) is 3.01. The molecule has 0 aromatic rings. The van der Waals surface area contributed by atoms with Crippen LogP contribution in [0.15, 0.2) is 23.3 Å². The van der Waals surface area contributed by atoms with Gasteiger partial charge in [-0.1, -0.05) is 56.4 Å². The Morgan fingerprint density at radius 3 is 2.38 bits per heavy atom. The van der Waals surface area contributed by atoms with Gasteiger partial charge in [0, 0.05) is 0 Å². The van der Waals surface area contributed by atoms with Gasteiger partial charge in [-0.3, -0.25) is 0 Å². The highest BCUT2D eigenvalue weighted by Gasteiger charge is 1.99. The molecule has 0 fully saturated rings. The summed E-state index contributed by atoms with van der Waals surface area (Å²) in [6.07, 6.45) is 12.6. The van der Waals surface area contributed by atoms with E-state index in [1.165, 1.54) is 44.1 Å². The second kappa shape index (κ2) is 9.69. The van der Waals surface area contributed by atoms with E-state index in [2.05, 4.69) is 46.8 Å². The highest BCUT2D eigenvalue weighted by molar-refractivity contribution is 5.02. The van der Waals surface area contributed by atoms with Crippen LogP contribution in [0.2, 0.25) is 0 Å². The summed E-state index contributed by atoms with van der Waals surface area (Å²) in [6, 6.07) is 0. The lowest BCUT2D eigenvalue weighted by Crippen LogP contribution is -1.92. The van der Waals surface area contributed by atoms with E-state index in [9.17, 15) is 0 Å². The minimum Gasteiger partial charge on any atom is -0.0856 e. The van der Waals surface area contributed by atoms with Crippen LogP contribution in [0.3, 0.4) is 0 Å². The van der Waals surface area contributed by atoms with Crippen LogP contribution in [0.4, 0.5) is 0 Å². The molecular formula is C16H30. The predicted octanol–water partition coefficient (Wildman–Crippen LogP) is 5.90. The van der Waals surface area contributed by atoms with E-state index in [1.807, 2.05) is 0 Å². The van der Waals surface area contributed by atoms with Gasteiger partial charge in [-0.15, -0.1) is 0 Å². The Kier molecular flexibility index (Phi) is 9.37. The zero-order valence-corrected chi connectivity index (χ0v) is 12.0. The van der Waals surface area contributed by atoms with Crippen molar-refractivity contribution in [3.8, 4) is 0 Å². The zero-order chi connectivity index (χ0) is 12.4. The third kappa shape index (κ3) is 10.0. The van der Waals surface area contributed by atoms with Gasteiger partial charge in [-0.2, -0.15) is 0 Å². The summed E-state index contributed by atoms with van der Waals surface area (Å²) in [7, 11) is 0. The number of unbranched alkanes of at least 4 members (excludes halogenated alkanes) is 1. The molecule has 0 aromatic heterocycles. The lowest BCUT2D eigenvalue weighted by molar-refractivity contribution is 0.510. The smallest absolute Gasteiger partial charge is 0.0288 e. The van der Waals surface area contributed by atoms with E-state index in [-0.39, 0.29) is 0 Å². The molecule has 0 aliphatic heterocycles. The molecular weight excluding hydrogens is 192 g/mol. The summed E-state index contributed by atoms with van der Waals surface area (Å²) >= 11 is 0. The summed E-state index contributed by atoms with van der Waals surface area (Å²) in [6.45, 7) is 11.3. The fourth-order valence-electron chi connectivity index (χ4n) is 1.76. The van der Waals surface area contributed by atoms with Crippen LogP contribution in [-0.4, -0.2) is 0 Å². The van der Waals surface area contributed by atoms with Crippen LogP contribution in [0.1, 0.15) is 73.1 Å². The maximum absolute atomic E-state index is 2.44. The van der Waals surface area contributed by atoms with Crippen LogP contribution >= 0.6 is 0 Å². The van der Waals surface area contributed by atoms with Crippen LogP contribution in [0.25, 0.3) is 0 Å². The molecule has 0 radical (unpaired) electrons. The first kappa shape index (κ1) is 15.5. The quantitative estimate of drug-likeness (QED) is 0.449. The molecule has 0 heterocycles. The van der Waals surface area contributed by atoms with E-state index in [0.29, 0.717) is 0 Å². The number of hydrogen-bond donors (Lipinski definition) is 0. The summed E-state index contributed by atoms with van der Waals surface area (Å²) < 4.78 is 0. The summed E-state index contributed by atoms with van der Waals surface area (Å²) in [5.41, 5.74) is 2.99. The van der Waals surface area contributed by atoms with E-state index in [0.717, 1.165) is 5.92 Å². The Morgan fingerprint density at radius 2 is 1.81 bits per heavy atom. The molecule has 0 aliphatic rings. The molecule has 0 spiro atoms. The van der Waals surface area contributed by atoms with E-state index in [4.69, 9.17) is 0 Å². The van der Waals surface area contributed by atoms with E-state index < -0.39 is 0 Å². The maximum atomic E-state index is 2.44. The average Bonchev–Trinajstić information content (AvgIpc) is 2.23. The molecule has 0 bridgehead atoms. The van der Waals surface area contributed by atoms with Gasteiger partial charge >= 0.3 is 0 Å². The normalized spacial score (nSPS) is 13.7. The minimum atomic E-state index is 0.860. The molecule has 1 atom stereocenters. The molecule has 0 amide bonds. The van der Waals surface area contributed by atoms with Crippen molar-refractivity contribution in [3.05, 3.63) is 23.3 Å². The Bertz CT molecular complexity index is 216. The van der Waals surface area contributed by atoms with Gasteiger partial charge in [-0.25, -0.2) is 0 Å². The van der Waals surface area contributed by atoms with Crippen molar-refractivity contribution in [1.82, 2.24) is 0 Å². The molecule has 0 aliphatic carbocycles. The third-order valence-electron chi connectivity index (χ3n) is 3.01. The average molecular weight is 222 g/mol. The topological polar surface area (TPSA) is 0 Å². The number of allylic oxidation sites excluding steroid dienone is 4. The largest absolute Gasteiger partial charge is 0.0856 e. The van der Waals surface area contributed by atoms with Gasteiger partial charge in [-0.05, 0) is 46.0 Å². The second-order valence-electron chi connectivity index (χ2n) is 5.35. The Hall–Kier alpha value is -0.520. The monoisotopic (exact) mass is 222 g/mol. The summed E-state index contributed by atoms with van der Waals surface area (Å²) in [4.78, 5) is 0. The molecule has 0 rings (SSSR count). The first-order valence-electron chi connectivity index (χ1n) is 6.85. The molecule has 0 saturated carbocycles. The summed E-state index contributed by atoms with van der Waals surface area (Å²) in [5, 5.41) is 0. The van der Waals surface area contributed by atoms with Crippen LogP contribution in [0.5, 0.6) is 0 Å². The van der Waals surface area contributed by atoms with Crippen molar-refractivity contribution in [2.45, 2.75) is 73.1 Å². The highest BCUT2D eigenvalue weighted by atomic mass is 14.0. The highest BCUT2D eigenvalue weighted by Crippen LogP contribution is 2.15. The van der Waals surface area contributed by atoms with Crippen LogP contribution in [0, 0.1) is 5.92 Å². The first-order chi connectivity index (χ1) is 7.56. The SMILES string of the molecule is CCCCC(C)C/C=C(\C)CCC=C(C)C. The number of rotatable bonds is 8. The molecule has 0 aromatic carbocycles. The van der Waals surface area contributed by atoms with Gasteiger partial charge in [0.1, 0.15) is 0 Å². The molecule has 0 nitrogen and oxygen atoms in total. The summed E-state index contributed by atoms with van der Waals surface area (Å²) in [5.74, 6) is 0.860. The fraction of sp³-hybridized carbons (Fsp3) is 0.750. The van der Waals surface area contributed by atoms with Gasteiger partial charge in [0.15, 0.2) is 0 Å². The van der Waals surface area contributed by atoms with Gasteiger partial charge in [0.05, 0.1) is 0 Å². The second-order valence-corrected chi connectivity index (χ2v) is 5.35. The zero-order valence-electron chi connectivity index (χ0n) is 12.0. The van der Waals surface area contributed by atoms with Crippen LogP contribution in [-0.2, 0) is 0 Å². The fourth-order valence-corrected chi connectivity index (χ4v) is 1.76. The lowest BCUT2D eigenvalue weighted by atomic mass is 9.98. The standard InChI is InChI=1S/C16H30/c1-6-7-10-15(4)12-13-16(5)11-8-9-14(2)3/h9,13,15H,6-8,10-12H2,1-5H3/b16-13+. The van der Waals surface area contributed by atoms with Crippen LogP contribution < -0.4 is 0 Å². The predicted molar refractivity (Wildman–Crippen MR) is 75.7 cm³/mol. The molecule has 16 heavy (non-hydrogen) atoms. The van der Waals surface area contributed by atoms with Gasteiger partial charge in [0.2, 0.25) is 0 Å². The van der Waals surface area contributed by atoms with Gasteiger partial charge < -0.3 is 0 Å². The minimum absolute atomic E-state index is 0.860. The Balaban J connectivity index is 3.72. The van der Waals surface area contributed by atoms with Crippen molar-refractivity contribution in [3.63, 3.8) is 0 Å². The van der Waals surface area contributed by atoms with Crippen molar-refractivity contribution in [1.29, 1.82) is 0 Å². The molecule has 1 unspecified atom stereocenters.